The van der Waals surface area contributed by atoms with E-state index in [1.807, 2.05) is 20.0 Å². The van der Waals surface area contributed by atoms with E-state index >= 15 is 0 Å². The summed E-state index contributed by atoms with van der Waals surface area (Å²) in [7, 11) is 1.87. The van der Waals surface area contributed by atoms with Crippen LogP contribution in [0.5, 0.6) is 5.75 Å². The molecule has 1 aromatic carbocycles. The molecule has 0 unspecified atom stereocenters. The Kier molecular flexibility index (Phi) is 6.32. The van der Waals surface area contributed by atoms with Crippen LogP contribution in [0.2, 0.25) is 0 Å². The van der Waals surface area contributed by atoms with Crippen molar-refractivity contribution < 1.29 is 24.1 Å². The van der Waals surface area contributed by atoms with Crippen LogP contribution in [0.4, 0.5) is 0 Å². The Morgan fingerprint density at radius 1 is 1.24 bits per heavy atom. The van der Waals surface area contributed by atoms with Gasteiger partial charge in [0.25, 0.3) is 0 Å². The Labute approximate surface area is 197 Å². The summed E-state index contributed by atoms with van der Waals surface area (Å²) in [6, 6.07) is 6.19. The second kappa shape index (κ2) is 8.95. The summed E-state index contributed by atoms with van der Waals surface area (Å²) < 4.78 is 18.1. The molecule has 6 heteroatoms. The van der Waals surface area contributed by atoms with Gasteiger partial charge in [-0.15, -0.1) is 0 Å². The summed E-state index contributed by atoms with van der Waals surface area (Å²) in [5, 5.41) is 13.7. The van der Waals surface area contributed by atoms with Crippen LogP contribution >= 0.6 is 0 Å². The third-order valence-corrected chi connectivity index (χ3v) is 9.24. The van der Waals surface area contributed by atoms with E-state index in [2.05, 4.69) is 24.4 Å². The van der Waals surface area contributed by atoms with Crippen LogP contribution in [-0.4, -0.2) is 48.8 Å². The third-order valence-electron chi connectivity index (χ3n) is 9.24. The molecule has 0 amide bonds. The molecule has 5 rings (SSSR count). The lowest BCUT2D eigenvalue weighted by Gasteiger charge is -2.51. The SMILES string of the molecule is CN[C@H]1[C@@H](O)C[C@H](O[C@H]2CC[C@H]3[C@@H]4CCc5cc(OC(C)=O)ccc5[C@H]4CC[C@]23C)O[C@@H]1C. The predicted octanol–water partition coefficient (Wildman–Crippen LogP) is 3.94. The quantitative estimate of drug-likeness (QED) is 0.527. The van der Waals surface area contributed by atoms with Crippen LogP contribution in [0.3, 0.4) is 0 Å². The number of hydrogen-bond donors (Lipinski definition) is 2. The first kappa shape index (κ1) is 23.3. The predicted molar refractivity (Wildman–Crippen MR) is 125 cm³/mol. The van der Waals surface area contributed by atoms with E-state index in [1.54, 1.807) is 0 Å². The Hall–Kier alpha value is -1.47. The van der Waals surface area contributed by atoms with Crippen molar-refractivity contribution in [1.29, 1.82) is 0 Å². The van der Waals surface area contributed by atoms with Gasteiger partial charge in [-0.2, -0.15) is 0 Å². The van der Waals surface area contributed by atoms with Crippen molar-refractivity contribution in [2.24, 2.45) is 17.3 Å². The highest BCUT2D eigenvalue weighted by Gasteiger charge is 2.56. The van der Waals surface area contributed by atoms with E-state index in [1.165, 1.54) is 37.3 Å². The van der Waals surface area contributed by atoms with Gasteiger partial charge in [-0.25, -0.2) is 0 Å². The monoisotopic (exact) mass is 457 g/mol. The van der Waals surface area contributed by atoms with E-state index in [0.717, 1.165) is 19.3 Å². The molecule has 1 aliphatic heterocycles. The lowest BCUT2D eigenvalue weighted by molar-refractivity contribution is -0.253. The maximum Gasteiger partial charge on any atom is 0.308 e. The van der Waals surface area contributed by atoms with E-state index in [-0.39, 0.29) is 35.9 Å². The van der Waals surface area contributed by atoms with Crippen molar-refractivity contribution in [3.8, 4) is 5.75 Å². The van der Waals surface area contributed by atoms with Gasteiger partial charge >= 0.3 is 5.97 Å². The van der Waals surface area contributed by atoms with Crippen LogP contribution in [0.25, 0.3) is 0 Å². The van der Waals surface area contributed by atoms with Gasteiger partial charge in [0, 0.05) is 13.3 Å². The molecule has 6 nitrogen and oxygen atoms in total. The standard InChI is InChI=1S/C27H39NO5/c1-15-26(28-4)23(30)14-25(31-15)33-24-10-9-22-21-7-5-17-13-18(32-16(2)29)6-8-19(17)20(21)11-12-27(22,24)3/h6,8,13,15,20-26,28,30H,5,7,9-12,14H2,1-4H3/t15-,20-,21-,22+,23+,24+,25+,26-,27+/m1/s1. The molecule has 3 aliphatic carbocycles. The first-order valence-corrected chi connectivity index (χ1v) is 12.8. The zero-order chi connectivity index (χ0) is 23.3. The Bertz CT molecular complexity index is 877. The molecule has 2 N–H and O–H groups in total. The molecule has 0 radical (unpaired) electrons. The minimum absolute atomic E-state index is 0.0455. The lowest BCUT2D eigenvalue weighted by Crippen LogP contribution is -2.55. The van der Waals surface area contributed by atoms with Crippen molar-refractivity contribution in [3.05, 3.63) is 29.3 Å². The molecule has 1 saturated heterocycles. The van der Waals surface area contributed by atoms with Gasteiger partial charge in [-0.1, -0.05) is 13.0 Å². The molecule has 0 aromatic heterocycles. The van der Waals surface area contributed by atoms with Crippen molar-refractivity contribution in [2.75, 3.05) is 7.05 Å². The largest absolute Gasteiger partial charge is 0.427 e. The number of aliphatic hydroxyl groups excluding tert-OH is 1. The summed E-state index contributed by atoms with van der Waals surface area (Å²) >= 11 is 0. The number of ether oxygens (including phenoxy) is 3. The van der Waals surface area contributed by atoms with E-state index in [0.29, 0.717) is 29.9 Å². The fourth-order valence-electron chi connectivity index (χ4n) is 7.70. The van der Waals surface area contributed by atoms with E-state index < -0.39 is 6.10 Å². The molecule has 9 atom stereocenters. The van der Waals surface area contributed by atoms with E-state index in [4.69, 9.17) is 14.2 Å². The molecule has 3 fully saturated rings. The second-order valence-electron chi connectivity index (χ2n) is 11.0. The number of carbonyl (C=O) groups is 1. The van der Waals surface area contributed by atoms with Gasteiger partial charge in [-0.05, 0) is 98.9 Å². The molecule has 1 heterocycles. The van der Waals surface area contributed by atoms with Crippen LogP contribution in [0.1, 0.15) is 76.3 Å². The van der Waals surface area contributed by atoms with Crippen LogP contribution in [0.15, 0.2) is 18.2 Å². The number of aryl methyl sites for hydroxylation is 1. The summed E-state index contributed by atoms with van der Waals surface area (Å²) in [6.07, 6.45) is 6.69. The Morgan fingerprint density at radius 3 is 2.79 bits per heavy atom. The minimum atomic E-state index is -0.448. The highest BCUT2D eigenvalue weighted by atomic mass is 16.7. The van der Waals surface area contributed by atoms with Gasteiger partial charge in [0.15, 0.2) is 6.29 Å². The summed E-state index contributed by atoms with van der Waals surface area (Å²) in [5.41, 5.74) is 2.97. The van der Waals surface area contributed by atoms with Gasteiger partial charge in [0.05, 0.1) is 24.4 Å². The smallest absolute Gasteiger partial charge is 0.308 e. The van der Waals surface area contributed by atoms with Crippen molar-refractivity contribution >= 4 is 5.97 Å². The number of benzene rings is 1. The zero-order valence-corrected chi connectivity index (χ0v) is 20.4. The molecule has 33 heavy (non-hydrogen) atoms. The van der Waals surface area contributed by atoms with Crippen molar-refractivity contribution in [2.45, 2.75) is 102 Å². The number of hydrogen-bond acceptors (Lipinski definition) is 6. The maximum atomic E-state index is 11.4. The molecule has 182 valence electrons. The molecule has 4 aliphatic rings. The lowest BCUT2D eigenvalue weighted by atomic mass is 9.55. The Morgan fingerprint density at radius 2 is 2.06 bits per heavy atom. The maximum absolute atomic E-state index is 11.4. The third kappa shape index (κ3) is 4.13. The van der Waals surface area contributed by atoms with Gasteiger partial charge in [-0.3, -0.25) is 4.79 Å². The molecule has 0 bridgehead atoms. The number of likely N-dealkylation sites (N-methyl/N-ethyl adjacent to an activating group) is 1. The first-order chi connectivity index (χ1) is 15.8. The topological polar surface area (TPSA) is 77.0 Å². The highest BCUT2D eigenvalue weighted by molar-refractivity contribution is 5.69. The average molecular weight is 458 g/mol. The summed E-state index contributed by atoms with van der Waals surface area (Å²) in [6.45, 7) is 5.90. The molecular weight excluding hydrogens is 418 g/mol. The summed E-state index contributed by atoms with van der Waals surface area (Å²) in [5.74, 6) is 2.31. The van der Waals surface area contributed by atoms with Crippen LogP contribution in [0, 0.1) is 17.3 Å². The number of fused-ring (bicyclic) bond motifs is 5. The zero-order valence-electron chi connectivity index (χ0n) is 20.4. The molecule has 2 saturated carbocycles. The molecule has 0 spiro atoms. The number of nitrogens with one attached hydrogen (secondary N) is 1. The van der Waals surface area contributed by atoms with E-state index in [9.17, 15) is 9.90 Å². The van der Waals surface area contributed by atoms with Gasteiger partial charge in [0.1, 0.15) is 5.75 Å². The number of carbonyl (C=O) groups excluding carboxylic acids is 1. The number of esters is 1. The fourth-order valence-corrected chi connectivity index (χ4v) is 7.70. The minimum Gasteiger partial charge on any atom is -0.427 e. The normalized spacial score (nSPS) is 42.2. The molecule has 1 aromatic rings. The number of aliphatic hydroxyl groups is 1. The fraction of sp³-hybridized carbons (Fsp3) is 0.741. The summed E-state index contributed by atoms with van der Waals surface area (Å²) in [4.78, 5) is 11.4. The van der Waals surface area contributed by atoms with Crippen LogP contribution < -0.4 is 10.1 Å². The van der Waals surface area contributed by atoms with Gasteiger partial charge < -0.3 is 24.6 Å². The second-order valence-corrected chi connectivity index (χ2v) is 11.0. The first-order valence-electron chi connectivity index (χ1n) is 12.8. The van der Waals surface area contributed by atoms with Gasteiger partial charge in [0.2, 0.25) is 0 Å². The highest BCUT2D eigenvalue weighted by Crippen LogP contribution is 2.61. The Balaban J connectivity index is 1.29. The molecular formula is C27H39NO5. The van der Waals surface area contributed by atoms with Crippen LogP contribution in [-0.2, 0) is 20.7 Å². The average Bonchev–Trinajstić information content (AvgIpc) is 3.09. The number of rotatable bonds is 4. The van der Waals surface area contributed by atoms with Crippen molar-refractivity contribution in [3.63, 3.8) is 0 Å². The van der Waals surface area contributed by atoms with Crippen molar-refractivity contribution in [1.82, 2.24) is 5.32 Å².